The van der Waals surface area contributed by atoms with Crippen LogP contribution in [0.4, 0.5) is 10.5 Å². The summed E-state index contributed by atoms with van der Waals surface area (Å²) in [6.45, 7) is 5.25. The Morgan fingerprint density at radius 2 is 1.83 bits per heavy atom. The van der Waals surface area contributed by atoms with Crippen molar-refractivity contribution >= 4 is 17.7 Å². The van der Waals surface area contributed by atoms with Crippen molar-refractivity contribution in [3.05, 3.63) is 59.4 Å². The molecule has 0 atom stereocenters. The van der Waals surface area contributed by atoms with Crippen molar-refractivity contribution in [2.75, 3.05) is 5.32 Å². The minimum absolute atomic E-state index is 0.147. The van der Waals surface area contributed by atoms with Crippen LogP contribution >= 0.6 is 0 Å². The Kier molecular flexibility index (Phi) is 5.18. The van der Waals surface area contributed by atoms with Crippen molar-refractivity contribution in [3.8, 4) is 0 Å². The summed E-state index contributed by atoms with van der Waals surface area (Å²) in [4.78, 5) is 27.8. The average Bonchev–Trinajstić information content (AvgIpc) is 2.47. The largest absolute Gasteiger partial charge is 0.465 e. The van der Waals surface area contributed by atoms with E-state index in [4.69, 9.17) is 9.84 Å². The SMILES string of the molecule is CC(C)(C)OC(=O)c1ccnc(Cc2ccccc2)c1NC(=O)O. The van der Waals surface area contributed by atoms with Gasteiger partial charge < -0.3 is 9.84 Å². The van der Waals surface area contributed by atoms with E-state index in [-0.39, 0.29) is 11.3 Å². The summed E-state index contributed by atoms with van der Waals surface area (Å²) >= 11 is 0. The Hall–Kier alpha value is -2.89. The van der Waals surface area contributed by atoms with Crippen LogP contribution < -0.4 is 5.32 Å². The van der Waals surface area contributed by atoms with Gasteiger partial charge in [-0.1, -0.05) is 30.3 Å². The van der Waals surface area contributed by atoms with E-state index in [1.165, 1.54) is 12.3 Å². The Bertz CT molecular complexity index is 736. The van der Waals surface area contributed by atoms with Crippen LogP contribution in [0.2, 0.25) is 0 Å². The van der Waals surface area contributed by atoms with Crippen LogP contribution in [0, 0.1) is 0 Å². The monoisotopic (exact) mass is 328 g/mol. The highest BCUT2D eigenvalue weighted by Gasteiger charge is 2.23. The second-order valence-electron chi connectivity index (χ2n) is 6.27. The van der Waals surface area contributed by atoms with Crippen LogP contribution in [0.15, 0.2) is 42.6 Å². The zero-order valence-corrected chi connectivity index (χ0v) is 13.9. The molecular weight excluding hydrogens is 308 g/mol. The predicted molar refractivity (Wildman–Crippen MR) is 90.3 cm³/mol. The molecule has 0 unspecified atom stereocenters. The third-order valence-electron chi connectivity index (χ3n) is 3.09. The van der Waals surface area contributed by atoms with Gasteiger partial charge in [0.1, 0.15) is 5.60 Å². The van der Waals surface area contributed by atoms with E-state index in [9.17, 15) is 9.59 Å². The van der Waals surface area contributed by atoms with Gasteiger partial charge in [-0.25, -0.2) is 9.59 Å². The number of anilines is 1. The molecule has 0 fully saturated rings. The number of aromatic nitrogens is 1. The summed E-state index contributed by atoms with van der Waals surface area (Å²) in [7, 11) is 0. The van der Waals surface area contributed by atoms with Gasteiger partial charge in [-0.3, -0.25) is 10.3 Å². The molecule has 2 N–H and O–H groups in total. The lowest BCUT2D eigenvalue weighted by molar-refractivity contribution is 0.00705. The zero-order valence-electron chi connectivity index (χ0n) is 13.9. The molecule has 2 aromatic rings. The standard InChI is InChI=1S/C18H20N2O4/c1-18(2,3)24-16(21)13-9-10-19-14(15(13)20-17(22)23)11-12-7-5-4-6-8-12/h4-10,20H,11H2,1-3H3,(H,22,23). The number of esters is 1. The first-order chi connectivity index (χ1) is 11.3. The van der Waals surface area contributed by atoms with Crippen LogP contribution in [-0.4, -0.2) is 27.8 Å². The number of carbonyl (C=O) groups excluding carboxylic acids is 1. The molecule has 0 saturated carbocycles. The molecule has 24 heavy (non-hydrogen) atoms. The molecule has 0 radical (unpaired) electrons. The number of nitrogens with zero attached hydrogens (tertiary/aromatic N) is 1. The maximum absolute atomic E-state index is 12.4. The Balaban J connectivity index is 2.42. The smallest absolute Gasteiger partial charge is 0.409 e. The summed E-state index contributed by atoms with van der Waals surface area (Å²) in [6.07, 6.45) is 0.611. The van der Waals surface area contributed by atoms with Crippen molar-refractivity contribution < 1.29 is 19.4 Å². The number of nitrogens with one attached hydrogen (secondary N) is 1. The van der Waals surface area contributed by atoms with Crippen LogP contribution in [0.1, 0.15) is 42.4 Å². The lowest BCUT2D eigenvalue weighted by Crippen LogP contribution is -2.25. The van der Waals surface area contributed by atoms with E-state index in [0.29, 0.717) is 12.1 Å². The van der Waals surface area contributed by atoms with Gasteiger partial charge in [0.05, 0.1) is 16.9 Å². The van der Waals surface area contributed by atoms with E-state index in [1.807, 2.05) is 30.3 Å². The third kappa shape index (κ3) is 4.81. The fourth-order valence-electron chi connectivity index (χ4n) is 2.18. The number of pyridine rings is 1. The molecule has 1 heterocycles. The number of hydrogen-bond acceptors (Lipinski definition) is 4. The molecule has 126 valence electrons. The third-order valence-corrected chi connectivity index (χ3v) is 3.09. The second kappa shape index (κ2) is 7.12. The van der Waals surface area contributed by atoms with Crippen LogP contribution in [-0.2, 0) is 11.2 Å². The molecule has 6 heteroatoms. The highest BCUT2D eigenvalue weighted by atomic mass is 16.6. The number of benzene rings is 1. The van der Waals surface area contributed by atoms with Crippen molar-refractivity contribution in [1.82, 2.24) is 4.98 Å². The van der Waals surface area contributed by atoms with E-state index in [0.717, 1.165) is 5.56 Å². The van der Waals surface area contributed by atoms with E-state index in [1.54, 1.807) is 20.8 Å². The number of carboxylic acid groups (broad SMARTS) is 1. The number of carbonyl (C=O) groups is 2. The molecule has 0 aliphatic rings. The first-order valence-corrected chi connectivity index (χ1v) is 7.51. The van der Waals surface area contributed by atoms with Gasteiger partial charge in [0.25, 0.3) is 0 Å². The summed E-state index contributed by atoms with van der Waals surface area (Å²) in [5.41, 5.74) is 1.04. The number of ether oxygens (including phenoxy) is 1. The van der Waals surface area contributed by atoms with Crippen LogP contribution in [0.25, 0.3) is 0 Å². The number of rotatable bonds is 4. The summed E-state index contributed by atoms with van der Waals surface area (Å²) in [5, 5.41) is 11.4. The normalized spacial score (nSPS) is 11.0. The van der Waals surface area contributed by atoms with Crippen molar-refractivity contribution in [3.63, 3.8) is 0 Å². The molecule has 1 amide bonds. The molecule has 0 aliphatic heterocycles. The first kappa shape index (κ1) is 17.5. The van der Waals surface area contributed by atoms with Gasteiger partial charge in [0.2, 0.25) is 0 Å². The van der Waals surface area contributed by atoms with Crippen molar-refractivity contribution in [1.29, 1.82) is 0 Å². The highest BCUT2D eigenvalue weighted by molar-refractivity contribution is 6.00. The molecule has 1 aromatic heterocycles. The molecule has 0 saturated heterocycles. The van der Waals surface area contributed by atoms with Gasteiger partial charge >= 0.3 is 12.1 Å². The Labute approximate surface area is 140 Å². The fraction of sp³-hybridized carbons (Fsp3) is 0.278. The van der Waals surface area contributed by atoms with Gasteiger partial charge in [0.15, 0.2) is 0 Å². The molecule has 1 aromatic carbocycles. The second-order valence-corrected chi connectivity index (χ2v) is 6.27. The van der Waals surface area contributed by atoms with Gasteiger partial charge in [-0.05, 0) is 32.4 Å². The molecule has 6 nitrogen and oxygen atoms in total. The number of hydrogen-bond donors (Lipinski definition) is 2. The summed E-state index contributed by atoms with van der Waals surface area (Å²) < 4.78 is 5.35. The van der Waals surface area contributed by atoms with E-state index < -0.39 is 17.7 Å². The Morgan fingerprint density at radius 3 is 2.42 bits per heavy atom. The lowest BCUT2D eigenvalue weighted by Gasteiger charge is -2.21. The Morgan fingerprint density at radius 1 is 1.17 bits per heavy atom. The minimum atomic E-state index is -1.26. The highest BCUT2D eigenvalue weighted by Crippen LogP contribution is 2.24. The fourth-order valence-corrected chi connectivity index (χ4v) is 2.18. The maximum atomic E-state index is 12.4. The van der Waals surface area contributed by atoms with Crippen molar-refractivity contribution in [2.24, 2.45) is 0 Å². The minimum Gasteiger partial charge on any atom is -0.465 e. The summed E-state index contributed by atoms with van der Waals surface area (Å²) in [5.74, 6) is -0.594. The zero-order chi connectivity index (χ0) is 17.7. The molecular formula is C18H20N2O4. The first-order valence-electron chi connectivity index (χ1n) is 7.51. The predicted octanol–water partition coefficient (Wildman–Crippen LogP) is 3.72. The lowest BCUT2D eigenvalue weighted by atomic mass is 10.1. The number of amides is 1. The maximum Gasteiger partial charge on any atom is 0.409 e. The van der Waals surface area contributed by atoms with E-state index in [2.05, 4.69) is 10.3 Å². The van der Waals surface area contributed by atoms with Gasteiger partial charge in [-0.2, -0.15) is 0 Å². The summed E-state index contributed by atoms with van der Waals surface area (Å²) in [6, 6.07) is 10.9. The van der Waals surface area contributed by atoms with Gasteiger partial charge in [0, 0.05) is 12.6 Å². The average molecular weight is 328 g/mol. The molecule has 2 rings (SSSR count). The molecule has 0 aliphatic carbocycles. The van der Waals surface area contributed by atoms with Crippen molar-refractivity contribution in [2.45, 2.75) is 32.8 Å². The molecule has 0 spiro atoms. The van der Waals surface area contributed by atoms with Crippen LogP contribution in [0.3, 0.4) is 0 Å². The topological polar surface area (TPSA) is 88.5 Å². The molecule has 0 bridgehead atoms. The quantitative estimate of drug-likeness (QED) is 0.835. The van der Waals surface area contributed by atoms with Crippen LogP contribution in [0.5, 0.6) is 0 Å². The van der Waals surface area contributed by atoms with Gasteiger partial charge in [-0.15, -0.1) is 0 Å². The van der Waals surface area contributed by atoms with E-state index >= 15 is 0 Å².